The van der Waals surface area contributed by atoms with Gasteiger partial charge >= 0.3 is 0 Å². The van der Waals surface area contributed by atoms with Crippen LogP contribution in [0.5, 0.6) is 0 Å². The summed E-state index contributed by atoms with van der Waals surface area (Å²) in [7, 11) is 0. The molecule has 0 aromatic carbocycles. The van der Waals surface area contributed by atoms with Crippen molar-refractivity contribution >= 4 is 16.9 Å². The fourth-order valence-corrected chi connectivity index (χ4v) is 1.21. The highest BCUT2D eigenvalue weighted by atomic mass is 32.2. The number of rotatable bonds is 0. The highest BCUT2D eigenvalue weighted by Gasteiger charge is 2.10. The molecule has 0 fully saturated rings. The van der Waals surface area contributed by atoms with Gasteiger partial charge in [0, 0.05) is 5.25 Å². The van der Waals surface area contributed by atoms with Crippen LogP contribution in [0, 0.1) is 0 Å². The van der Waals surface area contributed by atoms with E-state index in [1.54, 1.807) is 11.8 Å². The maximum atomic E-state index is 5.34. The Labute approximate surface area is 47.2 Å². The molecule has 1 rings (SSSR count). The van der Waals surface area contributed by atoms with Gasteiger partial charge in [0.25, 0.3) is 0 Å². The van der Waals surface area contributed by atoms with Crippen molar-refractivity contribution < 1.29 is 0 Å². The number of nitrogens with zero attached hydrogens (tertiary/aromatic N) is 1. The number of hydrogen-bond acceptors (Lipinski definition) is 3. The normalized spacial score (nSPS) is 30.4. The average Bonchev–Trinajstić information content (AvgIpc) is 1.87. The third-order valence-corrected chi connectivity index (χ3v) is 1.75. The van der Waals surface area contributed by atoms with Crippen molar-refractivity contribution in [3.8, 4) is 0 Å². The minimum Gasteiger partial charge on any atom is -0.379 e. The predicted octanol–water partition coefficient (Wildman–Crippen LogP) is 0.436. The lowest BCUT2D eigenvalue weighted by Crippen LogP contribution is -2.02. The van der Waals surface area contributed by atoms with E-state index >= 15 is 0 Å². The number of nitrogens with two attached hydrogens (primary N) is 1. The Morgan fingerprint density at radius 2 is 2.71 bits per heavy atom. The molecule has 0 spiro atoms. The maximum Gasteiger partial charge on any atom is 0.154 e. The molecule has 0 aliphatic carbocycles. The summed E-state index contributed by atoms with van der Waals surface area (Å²) in [6, 6.07) is 0. The summed E-state index contributed by atoms with van der Waals surface area (Å²) in [4.78, 5) is 3.97. The molecule has 1 unspecified atom stereocenters. The molecule has 0 aromatic rings. The van der Waals surface area contributed by atoms with E-state index in [4.69, 9.17) is 5.73 Å². The van der Waals surface area contributed by atoms with Crippen LogP contribution in [0.1, 0.15) is 6.92 Å². The second-order valence-corrected chi connectivity index (χ2v) is 3.07. The van der Waals surface area contributed by atoms with Crippen LogP contribution >= 0.6 is 11.8 Å². The zero-order valence-corrected chi connectivity index (χ0v) is 5.03. The van der Waals surface area contributed by atoms with Crippen LogP contribution in [0.15, 0.2) is 4.99 Å². The quantitative estimate of drug-likeness (QED) is 0.498. The van der Waals surface area contributed by atoms with Gasteiger partial charge in [-0.2, -0.15) is 0 Å². The first-order valence-corrected chi connectivity index (χ1v) is 3.13. The van der Waals surface area contributed by atoms with E-state index in [2.05, 4.69) is 11.9 Å². The second kappa shape index (κ2) is 1.74. The van der Waals surface area contributed by atoms with Gasteiger partial charge in [0.1, 0.15) is 0 Å². The first kappa shape index (κ1) is 4.97. The molecular formula is C4H8N2S. The van der Waals surface area contributed by atoms with Gasteiger partial charge in [0.05, 0.1) is 6.54 Å². The summed E-state index contributed by atoms with van der Waals surface area (Å²) in [6.45, 7) is 3.02. The number of amidine groups is 1. The van der Waals surface area contributed by atoms with E-state index in [0.717, 1.165) is 11.7 Å². The summed E-state index contributed by atoms with van der Waals surface area (Å²) in [5, 5.41) is 1.35. The average molecular weight is 116 g/mol. The molecule has 0 saturated carbocycles. The molecular weight excluding hydrogens is 108 g/mol. The molecule has 0 saturated heterocycles. The third-order valence-electron chi connectivity index (χ3n) is 0.826. The van der Waals surface area contributed by atoms with Crippen LogP contribution in [-0.4, -0.2) is 17.0 Å². The van der Waals surface area contributed by atoms with Gasteiger partial charge in [-0.25, -0.2) is 0 Å². The van der Waals surface area contributed by atoms with Crippen LogP contribution in [0.25, 0.3) is 0 Å². The molecule has 0 radical (unpaired) electrons. The number of hydrogen-bond donors (Lipinski definition) is 1. The van der Waals surface area contributed by atoms with E-state index in [-0.39, 0.29) is 0 Å². The topological polar surface area (TPSA) is 38.4 Å². The molecule has 0 amide bonds. The van der Waals surface area contributed by atoms with E-state index in [1.165, 1.54) is 0 Å². The summed E-state index contributed by atoms with van der Waals surface area (Å²) in [5.41, 5.74) is 5.34. The van der Waals surface area contributed by atoms with Crippen LogP contribution < -0.4 is 5.73 Å². The van der Waals surface area contributed by atoms with Crippen LogP contribution in [0.2, 0.25) is 0 Å². The monoisotopic (exact) mass is 116 g/mol. The fourth-order valence-electron chi connectivity index (χ4n) is 0.499. The van der Waals surface area contributed by atoms with Crippen molar-refractivity contribution in [2.75, 3.05) is 6.54 Å². The summed E-state index contributed by atoms with van der Waals surface area (Å²) in [6.07, 6.45) is 0. The third kappa shape index (κ3) is 1.09. The lowest BCUT2D eigenvalue weighted by Gasteiger charge is -1.91. The summed E-state index contributed by atoms with van der Waals surface area (Å²) < 4.78 is 0. The fraction of sp³-hybridized carbons (Fsp3) is 0.750. The minimum absolute atomic E-state index is 0.611. The standard InChI is InChI=1S/C4H8N2S/c1-3-2-6-4(5)7-3/h3H,2H2,1H3,(H2,5,6). The maximum absolute atomic E-state index is 5.34. The highest BCUT2D eigenvalue weighted by molar-refractivity contribution is 8.14. The second-order valence-electron chi connectivity index (χ2n) is 1.61. The lowest BCUT2D eigenvalue weighted by molar-refractivity contribution is 0.975. The Balaban J connectivity index is 2.42. The zero-order chi connectivity index (χ0) is 5.28. The Bertz CT molecular complexity index is 99.9. The van der Waals surface area contributed by atoms with Gasteiger partial charge in [-0.1, -0.05) is 18.7 Å². The van der Waals surface area contributed by atoms with Crippen molar-refractivity contribution in [1.82, 2.24) is 0 Å². The van der Waals surface area contributed by atoms with E-state index < -0.39 is 0 Å². The van der Waals surface area contributed by atoms with Gasteiger partial charge in [-0.15, -0.1) is 0 Å². The molecule has 1 atom stereocenters. The molecule has 1 heterocycles. The Hall–Kier alpha value is -0.180. The Morgan fingerprint density at radius 1 is 2.00 bits per heavy atom. The summed E-state index contributed by atoms with van der Waals surface area (Å²) >= 11 is 1.65. The molecule has 0 aromatic heterocycles. The predicted molar refractivity (Wildman–Crippen MR) is 33.5 cm³/mol. The zero-order valence-electron chi connectivity index (χ0n) is 4.22. The van der Waals surface area contributed by atoms with Gasteiger partial charge in [-0.05, 0) is 0 Å². The van der Waals surface area contributed by atoms with E-state index in [0.29, 0.717) is 5.25 Å². The SMILES string of the molecule is CC1CN=C(N)S1. The van der Waals surface area contributed by atoms with Crippen LogP contribution in [0.3, 0.4) is 0 Å². The first-order chi connectivity index (χ1) is 3.29. The van der Waals surface area contributed by atoms with Crippen molar-refractivity contribution in [2.45, 2.75) is 12.2 Å². The van der Waals surface area contributed by atoms with Crippen LogP contribution in [-0.2, 0) is 0 Å². The van der Waals surface area contributed by atoms with Gasteiger partial charge < -0.3 is 5.73 Å². The Kier molecular flexibility index (Phi) is 1.23. The molecule has 0 bridgehead atoms. The largest absolute Gasteiger partial charge is 0.379 e. The van der Waals surface area contributed by atoms with Crippen molar-refractivity contribution in [3.05, 3.63) is 0 Å². The van der Waals surface area contributed by atoms with Crippen molar-refractivity contribution in [1.29, 1.82) is 0 Å². The first-order valence-electron chi connectivity index (χ1n) is 2.25. The highest BCUT2D eigenvalue weighted by Crippen LogP contribution is 2.16. The Morgan fingerprint density at radius 3 is 2.86 bits per heavy atom. The summed E-state index contributed by atoms with van der Waals surface area (Å²) in [5.74, 6) is 0. The molecule has 3 heteroatoms. The molecule has 1 aliphatic rings. The van der Waals surface area contributed by atoms with Gasteiger partial charge in [0.15, 0.2) is 5.17 Å². The lowest BCUT2D eigenvalue weighted by atomic mass is 10.5. The smallest absolute Gasteiger partial charge is 0.154 e. The minimum atomic E-state index is 0.611. The van der Waals surface area contributed by atoms with Gasteiger partial charge in [0.2, 0.25) is 0 Å². The molecule has 40 valence electrons. The molecule has 2 N–H and O–H groups in total. The van der Waals surface area contributed by atoms with E-state index in [9.17, 15) is 0 Å². The van der Waals surface area contributed by atoms with E-state index in [1.807, 2.05) is 0 Å². The van der Waals surface area contributed by atoms with Crippen LogP contribution in [0.4, 0.5) is 0 Å². The molecule has 1 aliphatic heterocycles. The molecule has 7 heavy (non-hydrogen) atoms. The van der Waals surface area contributed by atoms with Crippen molar-refractivity contribution in [3.63, 3.8) is 0 Å². The number of aliphatic imine (C=N–C) groups is 1. The van der Waals surface area contributed by atoms with Crippen molar-refractivity contribution in [2.24, 2.45) is 10.7 Å². The number of thioether (sulfide) groups is 1. The van der Waals surface area contributed by atoms with Gasteiger partial charge in [-0.3, -0.25) is 4.99 Å². The molecule has 2 nitrogen and oxygen atoms in total.